The molecular formula is C22H32. The Bertz CT molecular complexity index is 558. The van der Waals surface area contributed by atoms with Crippen LogP contribution in [0.1, 0.15) is 67.2 Å². The van der Waals surface area contributed by atoms with Crippen LogP contribution in [-0.2, 0) is 0 Å². The highest BCUT2D eigenvalue weighted by molar-refractivity contribution is 5.51. The lowest BCUT2D eigenvalue weighted by molar-refractivity contribution is -0.00102. The van der Waals surface area contributed by atoms with E-state index in [1.54, 1.807) is 0 Å². The molecule has 0 aromatic carbocycles. The van der Waals surface area contributed by atoms with Gasteiger partial charge in [0, 0.05) is 11.8 Å². The third-order valence-corrected chi connectivity index (χ3v) is 9.44. The quantitative estimate of drug-likeness (QED) is 0.481. The lowest BCUT2D eigenvalue weighted by Crippen LogP contribution is -2.44. The van der Waals surface area contributed by atoms with Crippen molar-refractivity contribution in [2.24, 2.45) is 46.3 Å². The normalized spacial score (nSPS) is 49.9. The molecule has 3 saturated carbocycles. The van der Waals surface area contributed by atoms with Crippen molar-refractivity contribution in [3.63, 3.8) is 0 Å². The van der Waals surface area contributed by atoms with Gasteiger partial charge in [0.2, 0.25) is 0 Å². The van der Waals surface area contributed by atoms with Crippen LogP contribution in [0, 0.1) is 46.3 Å². The summed E-state index contributed by atoms with van der Waals surface area (Å²) in [5.41, 5.74) is 8.64. The molecule has 0 heteroatoms. The van der Waals surface area contributed by atoms with Crippen LogP contribution in [0.25, 0.3) is 0 Å². The summed E-state index contributed by atoms with van der Waals surface area (Å²) >= 11 is 0. The highest BCUT2D eigenvalue weighted by atomic mass is 14.7. The zero-order valence-electron chi connectivity index (χ0n) is 15.3. The fraction of sp³-hybridized carbons (Fsp3) is 0.818. The van der Waals surface area contributed by atoms with Gasteiger partial charge in [-0.05, 0) is 74.0 Å². The zero-order valence-corrected chi connectivity index (χ0v) is 15.3. The summed E-state index contributed by atoms with van der Waals surface area (Å²) in [6.07, 6.45) is 5.90. The van der Waals surface area contributed by atoms with Gasteiger partial charge in [-0.15, -0.1) is 0 Å². The molecule has 0 spiro atoms. The van der Waals surface area contributed by atoms with Gasteiger partial charge < -0.3 is 0 Å². The van der Waals surface area contributed by atoms with Crippen molar-refractivity contribution in [2.75, 3.05) is 0 Å². The minimum absolute atomic E-state index is 0.574. The largest absolute Gasteiger partial charge is 0.0693 e. The molecule has 0 aromatic heterocycles. The summed E-state index contributed by atoms with van der Waals surface area (Å²) in [5, 5.41) is 0. The van der Waals surface area contributed by atoms with Crippen LogP contribution in [0.3, 0.4) is 0 Å². The highest BCUT2D eigenvalue weighted by Gasteiger charge is 2.61. The summed E-state index contributed by atoms with van der Waals surface area (Å²) in [5.74, 6) is 5.45. The van der Waals surface area contributed by atoms with E-state index in [-0.39, 0.29) is 0 Å². The molecule has 4 atom stereocenters. The third-order valence-electron chi connectivity index (χ3n) is 9.44. The lowest BCUT2D eigenvalue weighted by Gasteiger charge is -2.52. The van der Waals surface area contributed by atoms with Crippen LogP contribution < -0.4 is 0 Å². The summed E-state index contributed by atoms with van der Waals surface area (Å²) in [7, 11) is 0. The molecule has 0 heterocycles. The molecule has 0 amide bonds. The Morgan fingerprint density at radius 1 is 0.636 bits per heavy atom. The smallest absolute Gasteiger partial charge is 0.00272 e. The van der Waals surface area contributed by atoms with Gasteiger partial charge >= 0.3 is 0 Å². The van der Waals surface area contributed by atoms with Crippen LogP contribution in [0.15, 0.2) is 22.3 Å². The Kier molecular flexibility index (Phi) is 2.37. The Morgan fingerprint density at radius 3 is 1.32 bits per heavy atom. The molecule has 0 nitrogen and oxygen atoms in total. The number of hydrogen-bond donors (Lipinski definition) is 0. The first-order chi connectivity index (χ1) is 10.2. The van der Waals surface area contributed by atoms with E-state index in [1.165, 1.54) is 25.7 Å². The first-order valence-electron chi connectivity index (χ1n) is 9.65. The molecule has 0 saturated heterocycles. The predicted octanol–water partition coefficient (Wildman–Crippen LogP) is 6.00. The number of hydrogen-bond acceptors (Lipinski definition) is 0. The van der Waals surface area contributed by atoms with Crippen molar-refractivity contribution in [3.05, 3.63) is 22.3 Å². The van der Waals surface area contributed by atoms with Crippen LogP contribution in [0.4, 0.5) is 0 Å². The maximum Gasteiger partial charge on any atom is 0.00272 e. The van der Waals surface area contributed by atoms with E-state index in [2.05, 4.69) is 41.5 Å². The average Bonchev–Trinajstić information content (AvgIpc) is 2.67. The van der Waals surface area contributed by atoms with E-state index in [4.69, 9.17) is 0 Å². The monoisotopic (exact) mass is 296 g/mol. The molecule has 120 valence electrons. The molecule has 3 fully saturated rings. The van der Waals surface area contributed by atoms with Crippen LogP contribution in [0.2, 0.25) is 0 Å². The van der Waals surface area contributed by atoms with E-state index < -0.39 is 0 Å². The van der Waals surface area contributed by atoms with Crippen molar-refractivity contribution in [1.82, 2.24) is 0 Å². The summed E-state index contributed by atoms with van der Waals surface area (Å²) in [6.45, 7) is 15.2. The second-order valence-corrected chi connectivity index (χ2v) is 10.5. The summed E-state index contributed by atoms with van der Waals surface area (Å²) < 4.78 is 0. The Balaban J connectivity index is 1.62. The first-order valence-corrected chi connectivity index (χ1v) is 9.65. The minimum atomic E-state index is 0.574. The van der Waals surface area contributed by atoms with Crippen molar-refractivity contribution in [3.8, 4) is 0 Å². The second-order valence-electron chi connectivity index (χ2n) is 10.5. The van der Waals surface area contributed by atoms with E-state index in [9.17, 15) is 0 Å². The van der Waals surface area contributed by atoms with Gasteiger partial charge in [-0.25, -0.2) is 0 Å². The van der Waals surface area contributed by atoms with E-state index in [0.717, 1.165) is 35.5 Å². The third kappa shape index (κ3) is 1.30. The van der Waals surface area contributed by atoms with E-state index in [1.807, 2.05) is 22.3 Å². The molecule has 0 aromatic rings. The molecule has 4 unspecified atom stereocenters. The van der Waals surface area contributed by atoms with Gasteiger partial charge in [0.05, 0.1) is 0 Å². The fourth-order valence-electron chi connectivity index (χ4n) is 7.60. The minimum Gasteiger partial charge on any atom is -0.0693 e. The van der Waals surface area contributed by atoms with Crippen LogP contribution >= 0.6 is 0 Å². The van der Waals surface area contributed by atoms with Gasteiger partial charge in [0.25, 0.3) is 0 Å². The zero-order chi connectivity index (χ0) is 15.6. The molecular weight excluding hydrogens is 264 g/mol. The van der Waals surface area contributed by atoms with Crippen LogP contribution in [0.5, 0.6) is 0 Å². The van der Waals surface area contributed by atoms with E-state index in [0.29, 0.717) is 10.8 Å². The first kappa shape index (κ1) is 13.9. The number of rotatable bonds is 0. The molecule has 4 bridgehead atoms. The second kappa shape index (κ2) is 3.76. The molecule has 7 aliphatic carbocycles. The fourth-order valence-corrected chi connectivity index (χ4v) is 7.60. The molecule has 0 aliphatic heterocycles. The van der Waals surface area contributed by atoms with Gasteiger partial charge in [-0.3, -0.25) is 0 Å². The predicted molar refractivity (Wildman–Crippen MR) is 92.4 cm³/mol. The van der Waals surface area contributed by atoms with Gasteiger partial charge in [-0.2, -0.15) is 0 Å². The molecule has 0 N–H and O–H groups in total. The average molecular weight is 296 g/mol. The Labute approximate surface area is 136 Å². The van der Waals surface area contributed by atoms with Crippen molar-refractivity contribution in [2.45, 2.75) is 67.2 Å². The van der Waals surface area contributed by atoms with Crippen molar-refractivity contribution < 1.29 is 0 Å². The standard InChI is InChI=1S/C22H32/c1-11-17-9-13(21(17,3)4)7-15-19(11)16-8-14-10-18(22(14,5)6)12(2)20(15)16/h13-18H,7-10H2,1-6H3. The Morgan fingerprint density at radius 2 is 1.00 bits per heavy atom. The summed E-state index contributed by atoms with van der Waals surface area (Å²) in [4.78, 5) is 0. The Hall–Kier alpha value is -0.520. The molecule has 7 rings (SSSR count). The molecule has 7 aliphatic rings. The highest BCUT2D eigenvalue weighted by Crippen LogP contribution is 2.71. The SMILES string of the molecule is CC1=C2C(CC3CC1C3(C)C)C1=C(C)C3CC(CC21)C3(C)C. The van der Waals surface area contributed by atoms with Crippen molar-refractivity contribution >= 4 is 0 Å². The topological polar surface area (TPSA) is 0 Å². The maximum absolute atomic E-state index is 2.54. The number of allylic oxidation sites excluding steroid dienone is 4. The summed E-state index contributed by atoms with van der Waals surface area (Å²) in [6, 6.07) is 0. The van der Waals surface area contributed by atoms with E-state index >= 15 is 0 Å². The van der Waals surface area contributed by atoms with Gasteiger partial charge in [0.1, 0.15) is 0 Å². The maximum atomic E-state index is 2.54. The lowest BCUT2D eigenvalue weighted by atomic mass is 9.52. The van der Waals surface area contributed by atoms with Gasteiger partial charge in [-0.1, -0.05) is 50.0 Å². The van der Waals surface area contributed by atoms with Crippen molar-refractivity contribution in [1.29, 1.82) is 0 Å². The van der Waals surface area contributed by atoms with Crippen LogP contribution in [-0.4, -0.2) is 0 Å². The molecule has 0 radical (unpaired) electrons. The molecule has 22 heavy (non-hydrogen) atoms. The van der Waals surface area contributed by atoms with Gasteiger partial charge in [0.15, 0.2) is 0 Å².